The van der Waals surface area contributed by atoms with Gasteiger partial charge in [0.1, 0.15) is 5.75 Å². The van der Waals surface area contributed by atoms with E-state index in [0.29, 0.717) is 11.8 Å². The first-order valence-electron chi connectivity index (χ1n) is 5.74. The summed E-state index contributed by atoms with van der Waals surface area (Å²) in [5.74, 6) is 0.334. The van der Waals surface area contributed by atoms with Gasteiger partial charge in [-0.1, -0.05) is 12.1 Å². The lowest BCUT2D eigenvalue weighted by Gasteiger charge is -2.16. The van der Waals surface area contributed by atoms with Crippen LogP contribution in [0.1, 0.15) is 18.9 Å². The predicted octanol–water partition coefficient (Wildman–Crippen LogP) is 1.82. The van der Waals surface area contributed by atoms with Crippen molar-refractivity contribution in [2.24, 2.45) is 0 Å². The molecule has 90 valence electrons. The molecule has 0 spiro atoms. The number of nitrogens with one attached hydrogen (secondary N) is 1. The molecule has 3 nitrogen and oxygen atoms in total. The minimum Gasteiger partial charge on any atom is -0.508 e. The van der Waals surface area contributed by atoms with Crippen LogP contribution in [-0.2, 0) is 6.54 Å². The first kappa shape index (κ1) is 13.0. The molecule has 0 saturated carbocycles. The van der Waals surface area contributed by atoms with Gasteiger partial charge >= 0.3 is 0 Å². The molecule has 3 heteroatoms. The van der Waals surface area contributed by atoms with E-state index < -0.39 is 0 Å². The lowest BCUT2D eigenvalue weighted by molar-refractivity contribution is 0.365. The van der Waals surface area contributed by atoms with Gasteiger partial charge in [-0.2, -0.15) is 0 Å². The molecule has 0 aliphatic rings. The Morgan fingerprint density at radius 2 is 2.12 bits per heavy atom. The average molecular weight is 222 g/mol. The Hall–Kier alpha value is -1.06. The Morgan fingerprint density at radius 3 is 2.75 bits per heavy atom. The van der Waals surface area contributed by atoms with E-state index in [0.717, 1.165) is 25.1 Å². The first-order chi connectivity index (χ1) is 7.58. The van der Waals surface area contributed by atoms with Gasteiger partial charge in [0.05, 0.1) is 0 Å². The van der Waals surface area contributed by atoms with Crippen LogP contribution < -0.4 is 5.32 Å². The largest absolute Gasteiger partial charge is 0.508 e. The molecule has 0 bridgehead atoms. The summed E-state index contributed by atoms with van der Waals surface area (Å²) in [4.78, 5) is 2.19. The van der Waals surface area contributed by atoms with Crippen LogP contribution in [0, 0.1) is 0 Å². The van der Waals surface area contributed by atoms with Crippen molar-refractivity contribution in [3.05, 3.63) is 29.8 Å². The maximum Gasteiger partial charge on any atom is 0.115 e. The summed E-state index contributed by atoms with van der Waals surface area (Å²) in [6.07, 6.45) is 1.13. The minimum absolute atomic E-state index is 0.334. The van der Waals surface area contributed by atoms with Crippen LogP contribution in [0.15, 0.2) is 24.3 Å². The highest BCUT2D eigenvalue weighted by molar-refractivity contribution is 5.26. The Morgan fingerprint density at radius 1 is 1.38 bits per heavy atom. The van der Waals surface area contributed by atoms with Gasteiger partial charge in [0, 0.05) is 12.6 Å². The lowest BCUT2D eigenvalue weighted by atomic mass is 10.2. The highest BCUT2D eigenvalue weighted by Gasteiger charge is 2.02. The minimum atomic E-state index is 0.334. The second-order valence-electron chi connectivity index (χ2n) is 4.54. The zero-order valence-corrected chi connectivity index (χ0v) is 10.4. The first-order valence-corrected chi connectivity index (χ1v) is 5.74. The number of nitrogens with zero attached hydrogens (tertiary/aromatic N) is 1. The van der Waals surface area contributed by atoms with Gasteiger partial charge in [0.2, 0.25) is 0 Å². The normalized spacial score (nSPS) is 13.0. The molecule has 0 heterocycles. The number of rotatable bonds is 6. The molecule has 0 aliphatic heterocycles. The van der Waals surface area contributed by atoms with Gasteiger partial charge < -0.3 is 15.3 Å². The van der Waals surface area contributed by atoms with E-state index in [1.54, 1.807) is 12.1 Å². The predicted molar refractivity (Wildman–Crippen MR) is 67.6 cm³/mol. The lowest BCUT2D eigenvalue weighted by Crippen LogP contribution is -2.29. The monoisotopic (exact) mass is 222 g/mol. The molecule has 0 saturated heterocycles. The van der Waals surface area contributed by atoms with E-state index in [2.05, 4.69) is 31.2 Å². The van der Waals surface area contributed by atoms with Crippen LogP contribution >= 0.6 is 0 Å². The summed E-state index contributed by atoms with van der Waals surface area (Å²) >= 11 is 0. The van der Waals surface area contributed by atoms with Crippen LogP contribution in [0.2, 0.25) is 0 Å². The summed E-state index contributed by atoms with van der Waals surface area (Å²) in [5.41, 5.74) is 1.12. The molecule has 1 aromatic rings. The van der Waals surface area contributed by atoms with E-state index in [9.17, 15) is 5.11 Å². The number of hydrogen-bond donors (Lipinski definition) is 2. The molecule has 1 rings (SSSR count). The van der Waals surface area contributed by atoms with Crippen molar-refractivity contribution in [2.45, 2.75) is 25.9 Å². The Balaban J connectivity index is 2.28. The van der Waals surface area contributed by atoms with E-state index in [-0.39, 0.29) is 0 Å². The van der Waals surface area contributed by atoms with Gasteiger partial charge in [-0.3, -0.25) is 0 Å². The van der Waals surface area contributed by atoms with Crippen molar-refractivity contribution in [3.8, 4) is 5.75 Å². The van der Waals surface area contributed by atoms with Gasteiger partial charge in [-0.05, 0) is 51.7 Å². The fourth-order valence-corrected chi connectivity index (χ4v) is 1.51. The standard InChI is InChI=1S/C13H22N2O/c1-11(7-8-15(2)3)14-10-12-5-4-6-13(16)9-12/h4-6,9,11,14,16H,7-8,10H2,1-3H3. The van der Waals surface area contributed by atoms with Crippen LogP contribution in [0.5, 0.6) is 5.75 Å². The fraction of sp³-hybridized carbons (Fsp3) is 0.538. The number of phenolic OH excluding ortho intramolecular Hbond substituents is 1. The van der Waals surface area contributed by atoms with Crippen LogP contribution in [-0.4, -0.2) is 36.7 Å². The van der Waals surface area contributed by atoms with Gasteiger partial charge in [-0.25, -0.2) is 0 Å². The maximum absolute atomic E-state index is 9.32. The van der Waals surface area contributed by atoms with Gasteiger partial charge in [0.25, 0.3) is 0 Å². The quantitative estimate of drug-likeness (QED) is 0.770. The number of phenols is 1. The third-order valence-electron chi connectivity index (χ3n) is 2.57. The third kappa shape index (κ3) is 5.14. The number of benzene rings is 1. The van der Waals surface area contributed by atoms with Crippen molar-refractivity contribution >= 4 is 0 Å². The van der Waals surface area contributed by atoms with Crippen LogP contribution in [0.4, 0.5) is 0 Å². The molecule has 0 aromatic heterocycles. The Bertz CT molecular complexity index is 313. The summed E-state index contributed by atoms with van der Waals surface area (Å²) < 4.78 is 0. The summed E-state index contributed by atoms with van der Waals surface area (Å²) in [5, 5.41) is 12.8. The highest BCUT2D eigenvalue weighted by atomic mass is 16.3. The second-order valence-corrected chi connectivity index (χ2v) is 4.54. The third-order valence-corrected chi connectivity index (χ3v) is 2.57. The molecule has 1 aromatic carbocycles. The zero-order chi connectivity index (χ0) is 12.0. The summed E-state index contributed by atoms with van der Waals surface area (Å²) in [6, 6.07) is 7.87. The molecule has 0 radical (unpaired) electrons. The fourth-order valence-electron chi connectivity index (χ4n) is 1.51. The molecule has 0 fully saturated rings. The van der Waals surface area contributed by atoms with Crippen molar-refractivity contribution < 1.29 is 5.11 Å². The van der Waals surface area contributed by atoms with Crippen molar-refractivity contribution in [1.82, 2.24) is 10.2 Å². The molecular weight excluding hydrogens is 200 g/mol. The highest BCUT2D eigenvalue weighted by Crippen LogP contribution is 2.10. The molecule has 0 aliphatic carbocycles. The van der Waals surface area contributed by atoms with Crippen molar-refractivity contribution in [3.63, 3.8) is 0 Å². The molecule has 16 heavy (non-hydrogen) atoms. The van der Waals surface area contributed by atoms with Crippen LogP contribution in [0.25, 0.3) is 0 Å². The number of aromatic hydroxyl groups is 1. The molecule has 1 unspecified atom stereocenters. The molecule has 1 atom stereocenters. The molecular formula is C13H22N2O. The van der Waals surface area contributed by atoms with Crippen molar-refractivity contribution in [1.29, 1.82) is 0 Å². The van der Waals surface area contributed by atoms with Gasteiger partial charge in [0.15, 0.2) is 0 Å². The van der Waals surface area contributed by atoms with E-state index in [1.807, 2.05) is 12.1 Å². The average Bonchev–Trinajstić information content (AvgIpc) is 2.23. The topological polar surface area (TPSA) is 35.5 Å². The molecule has 2 N–H and O–H groups in total. The number of hydrogen-bond acceptors (Lipinski definition) is 3. The summed E-state index contributed by atoms with van der Waals surface area (Å²) in [7, 11) is 4.17. The van der Waals surface area contributed by atoms with E-state index in [1.165, 1.54) is 0 Å². The molecule has 0 amide bonds. The Kier molecular flexibility index (Phi) is 5.29. The second kappa shape index (κ2) is 6.51. The Labute approximate surface area is 98.1 Å². The van der Waals surface area contributed by atoms with Gasteiger partial charge in [-0.15, -0.1) is 0 Å². The van der Waals surface area contributed by atoms with E-state index in [4.69, 9.17) is 0 Å². The SMILES string of the molecule is CC(CCN(C)C)NCc1cccc(O)c1. The smallest absolute Gasteiger partial charge is 0.115 e. The van der Waals surface area contributed by atoms with Crippen LogP contribution in [0.3, 0.4) is 0 Å². The van der Waals surface area contributed by atoms with Crippen molar-refractivity contribution in [2.75, 3.05) is 20.6 Å². The summed E-state index contributed by atoms with van der Waals surface area (Å²) in [6.45, 7) is 4.09. The van der Waals surface area contributed by atoms with E-state index >= 15 is 0 Å². The zero-order valence-electron chi connectivity index (χ0n) is 10.4. The maximum atomic E-state index is 9.32.